The SMILES string of the molecule is Cc1sc2ccccc2c1CNC(C)C. The van der Waals surface area contributed by atoms with Crippen LogP contribution in [0, 0.1) is 6.92 Å². The molecule has 0 atom stereocenters. The van der Waals surface area contributed by atoms with Gasteiger partial charge in [-0.25, -0.2) is 0 Å². The number of rotatable bonds is 3. The standard InChI is InChI=1S/C13H17NS/c1-9(2)14-8-12-10(3)15-13-7-5-4-6-11(12)13/h4-7,9,14H,8H2,1-3H3. The van der Waals surface area contributed by atoms with Gasteiger partial charge in [0, 0.05) is 22.2 Å². The Morgan fingerprint density at radius 3 is 2.73 bits per heavy atom. The van der Waals surface area contributed by atoms with Crippen molar-refractivity contribution >= 4 is 21.4 Å². The minimum atomic E-state index is 0.545. The predicted molar refractivity (Wildman–Crippen MR) is 68.5 cm³/mol. The van der Waals surface area contributed by atoms with Crippen molar-refractivity contribution in [1.29, 1.82) is 0 Å². The van der Waals surface area contributed by atoms with Gasteiger partial charge in [-0.1, -0.05) is 32.0 Å². The zero-order valence-electron chi connectivity index (χ0n) is 9.50. The fourth-order valence-electron chi connectivity index (χ4n) is 1.75. The van der Waals surface area contributed by atoms with Crippen LogP contribution in [-0.2, 0) is 6.54 Å². The first-order valence-electron chi connectivity index (χ1n) is 5.39. The molecular weight excluding hydrogens is 202 g/mol. The maximum Gasteiger partial charge on any atom is 0.0348 e. The molecule has 2 aromatic rings. The van der Waals surface area contributed by atoms with Crippen LogP contribution in [0.5, 0.6) is 0 Å². The van der Waals surface area contributed by atoms with Crippen LogP contribution >= 0.6 is 11.3 Å². The van der Waals surface area contributed by atoms with Crippen molar-refractivity contribution in [3.8, 4) is 0 Å². The van der Waals surface area contributed by atoms with Crippen molar-refractivity contribution in [2.75, 3.05) is 0 Å². The van der Waals surface area contributed by atoms with E-state index in [4.69, 9.17) is 0 Å². The van der Waals surface area contributed by atoms with Crippen LogP contribution < -0.4 is 5.32 Å². The van der Waals surface area contributed by atoms with Gasteiger partial charge in [-0.05, 0) is 23.9 Å². The van der Waals surface area contributed by atoms with Gasteiger partial charge in [0.25, 0.3) is 0 Å². The highest BCUT2D eigenvalue weighted by Gasteiger charge is 2.07. The molecular formula is C13H17NS. The van der Waals surface area contributed by atoms with E-state index in [0.29, 0.717) is 6.04 Å². The van der Waals surface area contributed by atoms with E-state index in [1.807, 2.05) is 11.3 Å². The average Bonchev–Trinajstić information content (AvgIpc) is 2.50. The summed E-state index contributed by atoms with van der Waals surface area (Å²) in [5.41, 5.74) is 1.46. The fraction of sp³-hybridized carbons (Fsp3) is 0.385. The van der Waals surface area contributed by atoms with Gasteiger partial charge in [0.15, 0.2) is 0 Å². The van der Waals surface area contributed by atoms with E-state index in [2.05, 4.69) is 50.4 Å². The zero-order valence-corrected chi connectivity index (χ0v) is 10.3. The molecule has 15 heavy (non-hydrogen) atoms. The lowest BCUT2D eigenvalue weighted by atomic mass is 10.1. The lowest BCUT2D eigenvalue weighted by Gasteiger charge is -2.08. The molecule has 1 heterocycles. The molecule has 1 N–H and O–H groups in total. The first kappa shape index (κ1) is 10.7. The molecule has 0 spiro atoms. The Hall–Kier alpha value is -0.860. The Bertz CT molecular complexity index is 457. The molecule has 2 heteroatoms. The van der Waals surface area contributed by atoms with Crippen LogP contribution in [0.2, 0.25) is 0 Å². The largest absolute Gasteiger partial charge is 0.310 e. The van der Waals surface area contributed by atoms with Crippen molar-refractivity contribution in [2.24, 2.45) is 0 Å². The van der Waals surface area contributed by atoms with Gasteiger partial charge in [-0.15, -0.1) is 11.3 Å². The molecule has 0 aliphatic rings. The fourth-order valence-corrected chi connectivity index (χ4v) is 2.83. The summed E-state index contributed by atoms with van der Waals surface area (Å²) < 4.78 is 1.40. The number of aryl methyl sites for hydroxylation is 1. The van der Waals surface area contributed by atoms with E-state index in [-0.39, 0.29) is 0 Å². The summed E-state index contributed by atoms with van der Waals surface area (Å²) in [7, 11) is 0. The van der Waals surface area contributed by atoms with Crippen molar-refractivity contribution in [3.05, 3.63) is 34.7 Å². The number of nitrogens with one attached hydrogen (secondary N) is 1. The van der Waals surface area contributed by atoms with Crippen molar-refractivity contribution in [1.82, 2.24) is 5.32 Å². The molecule has 0 aliphatic heterocycles. The van der Waals surface area contributed by atoms with Crippen molar-refractivity contribution in [2.45, 2.75) is 33.4 Å². The summed E-state index contributed by atoms with van der Waals surface area (Å²) >= 11 is 1.89. The highest BCUT2D eigenvalue weighted by atomic mass is 32.1. The minimum Gasteiger partial charge on any atom is -0.310 e. The topological polar surface area (TPSA) is 12.0 Å². The van der Waals surface area contributed by atoms with Crippen LogP contribution in [-0.4, -0.2) is 6.04 Å². The third kappa shape index (κ3) is 2.21. The molecule has 0 aliphatic carbocycles. The molecule has 0 unspecified atom stereocenters. The smallest absolute Gasteiger partial charge is 0.0348 e. The minimum absolute atomic E-state index is 0.545. The van der Waals surface area contributed by atoms with Crippen LogP contribution in [0.25, 0.3) is 10.1 Å². The summed E-state index contributed by atoms with van der Waals surface area (Å²) in [6.45, 7) is 7.56. The molecule has 0 amide bonds. The second-order valence-corrected chi connectivity index (χ2v) is 5.42. The highest BCUT2D eigenvalue weighted by molar-refractivity contribution is 7.19. The third-order valence-electron chi connectivity index (χ3n) is 2.59. The molecule has 2 rings (SSSR count). The first-order chi connectivity index (χ1) is 7.18. The molecule has 0 saturated carbocycles. The predicted octanol–water partition coefficient (Wildman–Crippen LogP) is 3.71. The number of hydrogen-bond acceptors (Lipinski definition) is 2. The molecule has 80 valence electrons. The van der Waals surface area contributed by atoms with Crippen molar-refractivity contribution in [3.63, 3.8) is 0 Å². The van der Waals surface area contributed by atoms with E-state index >= 15 is 0 Å². The third-order valence-corrected chi connectivity index (χ3v) is 3.72. The van der Waals surface area contributed by atoms with E-state index in [9.17, 15) is 0 Å². The van der Waals surface area contributed by atoms with Crippen LogP contribution in [0.4, 0.5) is 0 Å². The summed E-state index contributed by atoms with van der Waals surface area (Å²) in [5, 5.41) is 4.90. The van der Waals surface area contributed by atoms with Gasteiger partial charge in [0.05, 0.1) is 0 Å². The average molecular weight is 219 g/mol. The molecule has 0 fully saturated rings. The molecule has 0 saturated heterocycles. The van der Waals surface area contributed by atoms with Gasteiger partial charge in [0.1, 0.15) is 0 Å². The van der Waals surface area contributed by atoms with Gasteiger partial charge in [-0.2, -0.15) is 0 Å². The van der Waals surface area contributed by atoms with Gasteiger partial charge < -0.3 is 5.32 Å². The van der Waals surface area contributed by atoms with E-state index in [1.165, 1.54) is 20.5 Å². The normalized spacial score (nSPS) is 11.5. The summed E-state index contributed by atoms with van der Waals surface area (Å²) in [4.78, 5) is 1.43. The molecule has 0 bridgehead atoms. The molecule has 1 aromatic heterocycles. The molecule has 1 nitrogen and oxygen atoms in total. The Morgan fingerprint density at radius 2 is 2.00 bits per heavy atom. The first-order valence-corrected chi connectivity index (χ1v) is 6.20. The van der Waals surface area contributed by atoms with Gasteiger partial charge in [-0.3, -0.25) is 0 Å². The lowest BCUT2D eigenvalue weighted by molar-refractivity contribution is 0.590. The number of hydrogen-bond donors (Lipinski definition) is 1. The summed E-state index contributed by atoms with van der Waals surface area (Å²) in [5.74, 6) is 0. The maximum absolute atomic E-state index is 3.49. The number of fused-ring (bicyclic) bond motifs is 1. The second kappa shape index (κ2) is 4.33. The second-order valence-electron chi connectivity index (χ2n) is 4.17. The maximum atomic E-state index is 3.49. The zero-order chi connectivity index (χ0) is 10.8. The quantitative estimate of drug-likeness (QED) is 0.830. The van der Waals surface area contributed by atoms with E-state index < -0.39 is 0 Å². The van der Waals surface area contributed by atoms with Crippen LogP contribution in [0.3, 0.4) is 0 Å². The Labute approximate surface area is 95.1 Å². The van der Waals surface area contributed by atoms with Gasteiger partial charge in [0.2, 0.25) is 0 Å². The lowest BCUT2D eigenvalue weighted by Crippen LogP contribution is -2.21. The van der Waals surface area contributed by atoms with E-state index in [1.54, 1.807) is 0 Å². The Balaban J connectivity index is 2.36. The number of thiophene rings is 1. The van der Waals surface area contributed by atoms with Crippen LogP contribution in [0.1, 0.15) is 24.3 Å². The Kier molecular flexibility index (Phi) is 3.08. The van der Waals surface area contributed by atoms with Gasteiger partial charge >= 0.3 is 0 Å². The molecule has 0 radical (unpaired) electrons. The van der Waals surface area contributed by atoms with E-state index in [0.717, 1.165) is 6.54 Å². The summed E-state index contributed by atoms with van der Waals surface area (Å²) in [6, 6.07) is 9.19. The Morgan fingerprint density at radius 1 is 1.27 bits per heavy atom. The molecule has 1 aromatic carbocycles. The monoisotopic (exact) mass is 219 g/mol. The van der Waals surface area contributed by atoms with Crippen molar-refractivity contribution < 1.29 is 0 Å². The summed E-state index contributed by atoms with van der Waals surface area (Å²) in [6.07, 6.45) is 0. The van der Waals surface area contributed by atoms with Crippen LogP contribution in [0.15, 0.2) is 24.3 Å². The number of benzene rings is 1. The highest BCUT2D eigenvalue weighted by Crippen LogP contribution is 2.30.